The van der Waals surface area contributed by atoms with Gasteiger partial charge in [0.1, 0.15) is 0 Å². The summed E-state index contributed by atoms with van der Waals surface area (Å²) in [5.41, 5.74) is 9.03. The predicted octanol–water partition coefficient (Wildman–Crippen LogP) is 6.09. The normalized spacial score (nSPS) is 10.7. The molecule has 0 bridgehead atoms. The van der Waals surface area contributed by atoms with Crippen molar-refractivity contribution in [2.75, 3.05) is 0 Å². The Morgan fingerprint density at radius 3 is 1.23 bits per heavy atom. The SMILES string of the molecule is Cc1cccnc1-c1ccccc1-c1ccccc1-c1ncccc1C. The standard InChI is InChI=1S/C24H20N2/c1-17-9-7-15-25-23(17)21-13-5-3-11-19(21)20-12-4-6-14-22(20)24-18(2)10-8-16-26-24/h3-16H,1-2H3. The predicted molar refractivity (Wildman–Crippen MR) is 108 cm³/mol. The van der Waals surface area contributed by atoms with E-state index in [1.54, 1.807) is 0 Å². The van der Waals surface area contributed by atoms with Crippen LogP contribution in [0.2, 0.25) is 0 Å². The Kier molecular flexibility index (Phi) is 4.32. The molecule has 0 amide bonds. The number of pyridine rings is 2. The number of aryl methyl sites for hydroxylation is 2. The number of hydrogen-bond acceptors (Lipinski definition) is 2. The summed E-state index contributed by atoms with van der Waals surface area (Å²) in [6, 6.07) is 25.1. The third kappa shape index (κ3) is 2.91. The van der Waals surface area contributed by atoms with Crippen LogP contribution >= 0.6 is 0 Å². The summed E-state index contributed by atoms with van der Waals surface area (Å²) in [7, 11) is 0. The first-order valence-corrected chi connectivity index (χ1v) is 8.78. The molecule has 0 aliphatic carbocycles. The van der Waals surface area contributed by atoms with Crippen molar-refractivity contribution in [3.63, 3.8) is 0 Å². The second kappa shape index (κ2) is 6.93. The summed E-state index contributed by atoms with van der Waals surface area (Å²) in [4.78, 5) is 9.28. The van der Waals surface area contributed by atoms with Gasteiger partial charge in [0, 0.05) is 23.5 Å². The van der Waals surface area contributed by atoms with Crippen molar-refractivity contribution in [3.05, 3.63) is 96.3 Å². The Bertz CT molecular complexity index is 980. The van der Waals surface area contributed by atoms with E-state index in [0.29, 0.717) is 0 Å². The number of benzene rings is 2. The van der Waals surface area contributed by atoms with Gasteiger partial charge in [0.25, 0.3) is 0 Å². The van der Waals surface area contributed by atoms with Gasteiger partial charge in [-0.25, -0.2) is 0 Å². The van der Waals surface area contributed by atoms with Crippen molar-refractivity contribution in [3.8, 4) is 33.6 Å². The van der Waals surface area contributed by atoms with Gasteiger partial charge in [-0.1, -0.05) is 60.7 Å². The largest absolute Gasteiger partial charge is 0.256 e. The van der Waals surface area contributed by atoms with Crippen LogP contribution in [0.5, 0.6) is 0 Å². The first-order chi connectivity index (χ1) is 12.8. The van der Waals surface area contributed by atoms with Crippen LogP contribution in [0.25, 0.3) is 33.6 Å². The Hall–Kier alpha value is -3.26. The molecule has 0 saturated heterocycles. The Morgan fingerprint density at radius 1 is 0.462 bits per heavy atom. The topological polar surface area (TPSA) is 25.8 Å². The van der Waals surface area contributed by atoms with Gasteiger partial charge in [-0.3, -0.25) is 9.97 Å². The van der Waals surface area contributed by atoms with Gasteiger partial charge in [0.2, 0.25) is 0 Å². The monoisotopic (exact) mass is 336 g/mol. The summed E-state index contributed by atoms with van der Waals surface area (Å²) >= 11 is 0. The van der Waals surface area contributed by atoms with Crippen LogP contribution in [0, 0.1) is 13.8 Å². The van der Waals surface area contributed by atoms with Crippen LogP contribution in [-0.4, -0.2) is 9.97 Å². The second-order valence-corrected chi connectivity index (χ2v) is 6.43. The second-order valence-electron chi connectivity index (χ2n) is 6.43. The average molecular weight is 336 g/mol. The highest BCUT2D eigenvalue weighted by molar-refractivity contribution is 5.91. The van der Waals surface area contributed by atoms with Crippen LogP contribution in [0.15, 0.2) is 85.2 Å². The van der Waals surface area contributed by atoms with E-state index in [1.807, 2.05) is 24.5 Å². The van der Waals surface area contributed by atoms with Gasteiger partial charge in [0.05, 0.1) is 11.4 Å². The molecule has 0 fully saturated rings. The van der Waals surface area contributed by atoms with Crippen LogP contribution in [0.1, 0.15) is 11.1 Å². The number of aromatic nitrogens is 2. The zero-order chi connectivity index (χ0) is 17.9. The van der Waals surface area contributed by atoms with E-state index in [2.05, 4.69) is 84.5 Å². The minimum atomic E-state index is 1.02. The first-order valence-electron chi connectivity index (χ1n) is 8.78. The molecule has 0 spiro atoms. The highest BCUT2D eigenvalue weighted by Gasteiger charge is 2.15. The minimum absolute atomic E-state index is 1.02. The smallest absolute Gasteiger partial charge is 0.0737 e. The molecule has 2 heteroatoms. The summed E-state index contributed by atoms with van der Waals surface area (Å²) in [6.07, 6.45) is 3.71. The van der Waals surface area contributed by atoms with E-state index >= 15 is 0 Å². The maximum atomic E-state index is 4.64. The lowest BCUT2D eigenvalue weighted by molar-refractivity contribution is 1.26. The van der Waals surface area contributed by atoms with E-state index in [9.17, 15) is 0 Å². The van der Waals surface area contributed by atoms with Gasteiger partial charge in [0.15, 0.2) is 0 Å². The summed E-state index contributed by atoms with van der Waals surface area (Å²) < 4.78 is 0. The molecule has 0 aliphatic rings. The van der Waals surface area contributed by atoms with Crippen LogP contribution in [0.4, 0.5) is 0 Å². The lowest BCUT2D eigenvalue weighted by Gasteiger charge is -2.15. The first kappa shape index (κ1) is 16.2. The quantitative estimate of drug-likeness (QED) is 0.452. The number of nitrogens with zero attached hydrogens (tertiary/aromatic N) is 2. The molecule has 2 aromatic carbocycles. The molecule has 4 rings (SSSR count). The van der Waals surface area contributed by atoms with Crippen molar-refractivity contribution in [2.45, 2.75) is 13.8 Å². The molecule has 0 radical (unpaired) electrons. The maximum Gasteiger partial charge on any atom is 0.0737 e. The fourth-order valence-electron chi connectivity index (χ4n) is 3.38. The molecule has 2 aromatic heterocycles. The maximum absolute atomic E-state index is 4.64. The zero-order valence-corrected chi connectivity index (χ0v) is 15.0. The molecule has 2 nitrogen and oxygen atoms in total. The third-order valence-corrected chi connectivity index (χ3v) is 4.67. The van der Waals surface area contributed by atoms with Crippen molar-refractivity contribution < 1.29 is 0 Å². The molecule has 126 valence electrons. The Morgan fingerprint density at radius 2 is 0.846 bits per heavy atom. The van der Waals surface area contributed by atoms with Gasteiger partial charge in [-0.15, -0.1) is 0 Å². The molecule has 26 heavy (non-hydrogen) atoms. The fraction of sp³-hybridized carbons (Fsp3) is 0.0833. The minimum Gasteiger partial charge on any atom is -0.256 e. The third-order valence-electron chi connectivity index (χ3n) is 4.67. The fourth-order valence-corrected chi connectivity index (χ4v) is 3.38. The molecule has 0 aliphatic heterocycles. The highest BCUT2D eigenvalue weighted by Crippen LogP contribution is 2.38. The van der Waals surface area contributed by atoms with E-state index < -0.39 is 0 Å². The van der Waals surface area contributed by atoms with Gasteiger partial charge < -0.3 is 0 Å². The molecule has 4 aromatic rings. The van der Waals surface area contributed by atoms with Gasteiger partial charge >= 0.3 is 0 Å². The molecule has 0 unspecified atom stereocenters. The van der Waals surface area contributed by atoms with Crippen molar-refractivity contribution in [1.29, 1.82) is 0 Å². The van der Waals surface area contributed by atoms with Gasteiger partial charge in [-0.05, 0) is 48.2 Å². The van der Waals surface area contributed by atoms with E-state index in [0.717, 1.165) is 22.5 Å². The number of rotatable bonds is 3. The van der Waals surface area contributed by atoms with E-state index in [4.69, 9.17) is 0 Å². The van der Waals surface area contributed by atoms with Crippen molar-refractivity contribution in [2.24, 2.45) is 0 Å². The Balaban J connectivity index is 1.97. The Labute approximate surface area is 154 Å². The lowest BCUT2D eigenvalue weighted by Crippen LogP contribution is -1.94. The van der Waals surface area contributed by atoms with Crippen molar-refractivity contribution in [1.82, 2.24) is 9.97 Å². The van der Waals surface area contributed by atoms with E-state index in [1.165, 1.54) is 22.3 Å². The summed E-state index contributed by atoms with van der Waals surface area (Å²) in [6.45, 7) is 4.21. The molecular formula is C24H20N2. The number of hydrogen-bond donors (Lipinski definition) is 0. The summed E-state index contributed by atoms with van der Waals surface area (Å²) in [5, 5.41) is 0. The molecule has 0 atom stereocenters. The highest BCUT2D eigenvalue weighted by atomic mass is 14.7. The van der Waals surface area contributed by atoms with Crippen molar-refractivity contribution >= 4 is 0 Å². The van der Waals surface area contributed by atoms with Gasteiger partial charge in [-0.2, -0.15) is 0 Å². The molecular weight excluding hydrogens is 316 g/mol. The summed E-state index contributed by atoms with van der Waals surface area (Å²) in [5.74, 6) is 0. The van der Waals surface area contributed by atoms with Crippen LogP contribution in [-0.2, 0) is 0 Å². The zero-order valence-electron chi connectivity index (χ0n) is 15.0. The van der Waals surface area contributed by atoms with E-state index in [-0.39, 0.29) is 0 Å². The van der Waals surface area contributed by atoms with Crippen LogP contribution < -0.4 is 0 Å². The molecule has 0 saturated carbocycles. The lowest BCUT2D eigenvalue weighted by atomic mass is 9.90. The molecule has 2 heterocycles. The average Bonchev–Trinajstić information content (AvgIpc) is 2.69. The van der Waals surface area contributed by atoms with Crippen LogP contribution in [0.3, 0.4) is 0 Å². The molecule has 0 N–H and O–H groups in total.